The van der Waals surface area contributed by atoms with Gasteiger partial charge in [-0.05, 0) is 41.7 Å². The van der Waals surface area contributed by atoms with E-state index in [0.717, 1.165) is 22.4 Å². The van der Waals surface area contributed by atoms with Crippen LogP contribution < -0.4 is 24.8 Å². The molecule has 0 radical (unpaired) electrons. The zero-order chi connectivity index (χ0) is 14.2. The molecule has 3 atom stereocenters. The fourth-order valence-electron chi connectivity index (χ4n) is 2.96. The van der Waals surface area contributed by atoms with Gasteiger partial charge in [0.05, 0.1) is 0 Å². The van der Waals surface area contributed by atoms with Crippen molar-refractivity contribution in [2.75, 3.05) is 0 Å². The molecule has 1 saturated carbocycles. The molecule has 0 heterocycles. The fraction of sp³-hybridized carbons (Fsp3) is 1.00. The molecule has 0 spiro atoms. The van der Waals surface area contributed by atoms with Gasteiger partial charge < -0.3 is 24.8 Å². The first kappa shape index (κ1) is 31.0. The van der Waals surface area contributed by atoms with E-state index in [9.17, 15) is 0 Å². The molecule has 0 aromatic carbocycles. The maximum absolute atomic E-state index is 2.66. The molecule has 128 valence electrons. The molecule has 1 aliphatic rings. The second-order valence-electron chi connectivity index (χ2n) is 6.57. The molecule has 3 unspecified atom stereocenters. The molecule has 5 heteroatoms. The zero-order valence-corrected chi connectivity index (χ0v) is 20.0. The van der Waals surface area contributed by atoms with Gasteiger partial charge in [-0.15, -0.1) is 17.8 Å². The molecule has 0 aromatic heterocycles. The molecular weight excluding hydrogens is 373 g/mol. The molecular formula is C16H36Cl2P2Ti. The van der Waals surface area contributed by atoms with E-state index in [1.165, 1.54) is 47.1 Å². The van der Waals surface area contributed by atoms with Crippen molar-refractivity contribution in [3.8, 4) is 0 Å². The Morgan fingerprint density at radius 2 is 1.52 bits per heavy atom. The fourth-order valence-corrected chi connectivity index (χ4v) is 4.82. The van der Waals surface area contributed by atoms with Crippen molar-refractivity contribution in [1.82, 2.24) is 0 Å². The first-order chi connectivity index (χ1) is 8.35. The van der Waals surface area contributed by atoms with Crippen molar-refractivity contribution in [2.24, 2.45) is 5.41 Å². The van der Waals surface area contributed by atoms with Gasteiger partial charge in [-0.3, -0.25) is 0 Å². The van der Waals surface area contributed by atoms with Crippen LogP contribution >= 0.6 is 17.8 Å². The van der Waals surface area contributed by atoms with Crippen LogP contribution in [0.4, 0.5) is 0 Å². The molecule has 0 bridgehead atoms. The van der Waals surface area contributed by atoms with Crippen LogP contribution in [0.5, 0.6) is 0 Å². The van der Waals surface area contributed by atoms with Crippen molar-refractivity contribution in [3.63, 3.8) is 0 Å². The molecule has 21 heavy (non-hydrogen) atoms. The average molecular weight is 409 g/mol. The smallest absolute Gasteiger partial charge is 1.00 e. The monoisotopic (exact) mass is 408 g/mol. The molecule has 0 saturated heterocycles. The summed E-state index contributed by atoms with van der Waals surface area (Å²) in [7, 11) is 3.87. The first-order valence-corrected chi connectivity index (χ1v) is 9.69. The van der Waals surface area contributed by atoms with E-state index in [-0.39, 0.29) is 46.5 Å². The minimum atomic E-state index is 0. The zero-order valence-electron chi connectivity index (χ0n) is 14.8. The summed E-state index contributed by atoms with van der Waals surface area (Å²) in [5, 5.41) is 0. The summed E-state index contributed by atoms with van der Waals surface area (Å²) in [6.07, 6.45) is 8.84. The van der Waals surface area contributed by atoms with Crippen LogP contribution in [0.15, 0.2) is 0 Å². The Hall–Kier alpha value is 2.15. The Bertz CT molecular complexity index is 208. The Morgan fingerprint density at radius 1 is 1.10 bits per heavy atom. The van der Waals surface area contributed by atoms with Crippen LogP contribution in [0.3, 0.4) is 0 Å². The van der Waals surface area contributed by atoms with E-state index in [4.69, 9.17) is 0 Å². The van der Waals surface area contributed by atoms with Gasteiger partial charge in [-0.1, -0.05) is 60.8 Å². The van der Waals surface area contributed by atoms with E-state index >= 15 is 0 Å². The Balaban J connectivity index is -0.000000185. The van der Waals surface area contributed by atoms with E-state index in [2.05, 4.69) is 50.8 Å². The van der Waals surface area contributed by atoms with Gasteiger partial charge in [0.1, 0.15) is 0 Å². The van der Waals surface area contributed by atoms with Crippen LogP contribution in [0, 0.1) is 5.41 Å². The van der Waals surface area contributed by atoms with Crippen molar-refractivity contribution < 1.29 is 46.5 Å². The topological polar surface area (TPSA) is 0 Å². The predicted molar refractivity (Wildman–Crippen MR) is 93.6 cm³/mol. The van der Waals surface area contributed by atoms with Gasteiger partial charge in [0.2, 0.25) is 0 Å². The Kier molecular flexibility index (Phi) is 25.1. The van der Waals surface area contributed by atoms with Crippen molar-refractivity contribution in [3.05, 3.63) is 0 Å². The predicted octanol–water partition coefficient (Wildman–Crippen LogP) is 0.0977. The van der Waals surface area contributed by atoms with Crippen LogP contribution in [-0.4, -0.2) is 17.0 Å². The summed E-state index contributed by atoms with van der Waals surface area (Å²) >= 11 is 0. The molecule has 0 N–H and O–H groups in total. The molecule has 0 nitrogen and oxygen atoms in total. The van der Waals surface area contributed by atoms with Gasteiger partial charge in [-0.25, -0.2) is 0 Å². The largest absolute Gasteiger partial charge is 2.00 e. The number of hydrogen-bond acceptors (Lipinski definition) is 0. The van der Waals surface area contributed by atoms with Crippen LogP contribution in [0.25, 0.3) is 0 Å². The molecule has 1 rings (SSSR count). The summed E-state index contributed by atoms with van der Waals surface area (Å²) in [5.74, 6) is 0. The van der Waals surface area contributed by atoms with Crippen molar-refractivity contribution >= 4 is 17.8 Å². The SMILES string of the molecule is CC(C)P.CCC1(CC)CCCC(PC(C)C)C1.[Cl-].[Cl-].[Ti+2]. The van der Waals surface area contributed by atoms with Gasteiger partial charge in [0.25, 0.3) is 0 Å². The number of hydrogen-bond donors (Lipinski definition) is 0. The summed E-state index contributed by atoms with van der Waals surface area (Å²) < 4.78 is 0. The first-order valence-electron chi connectivity index (χ1n) is 7.87. The van der Waals surface area contributed by atoms with Crippen LogP contribution in [-0.2, 0) is 21.7 Å². The molecule has 1 fully saturated rings. The van der Waals surface area contributed by atoms with Crippen molar-refractivity contribution in [1.29, 1.82) is 0 Å². The Labute approximate surface area is 166 Å². The minimum Gasteiger partial charge on any atom is -1.00 e. The third kappa shape index (κ3) is 15.4. The summed E-state index contributed by atoms with van der Waals surface area (Å²) in [5.41, 5.74) is 3.46. The Morgan fingerprint density at radius 3 is 1.86 bits per heavy atom. The molecule has 1 aliphatic carbocycles. The standard InChI is InChI=1S/C13H27P.C3H9P.2ClH.Ti/c1-5-13(6-2)9-7-8-12(10-13)14-11(3)4;1-3(2)4;;;/h11-12,14H,5-10H2,1-4H3;3H,4H2,1-2H3;2*1H;/q;;;;+2/p-2. The van der Waals surface area contributed by atoms with Crippen LogP contribution in [0.2, 0.25) is 0 Å². The second-order valence-corrected chi connectivity index (χ2v) is 10.2. The molecule has 0 aliphatic heterocycles. The maximum atomic E-state index is 2.66. The van der Waals surface area contributed by atoms with Gasteiger partial charge in [-0.2, -0.15) is 0 Å². The van der Waals surface area contributed by atoms with Gasteiger partial charge >= 0.3 is 21.7 Å². The summed E-state index contributed by atoms with van der Waals surface area (Å²) in [6, 6.07) is 0. The van der Waals surface area contributed by atoms with E-state index in [0.29, 0.717) is 0 Å². The molecule has 0 aromatic rings. The van der Waals surface area contributed by atoms with Crippen LogP contribution in [0.1, 0.15) is 80.1 Å². The van der Waals surface area contributed by atoms with Gasteiger partial charge in [0.15, 0.2) is 0 Å². The van der Waals surface area contributed by atoms with E-state index in [1.54, 1.807) is 0 Å². The molecule has 0 amide bonds. The second kappa shape index (κ2) is 17.0. The van der Waals surface area contributed by atoms with Crippen molar-refractivity contribution in [2.45, 2.75) is 97.0 Å². The third-order valence-corrected chi connectivity index (χ3v) is 5.64. The normalized spacial score (nSPS) is 20.1. The number of rotatable bonds is 4. The quantitative estimate of drug-likeness (QED) is 0.457. The maximum Gasteiger partial charge on any atom is 2.00 e. The summed E-state index contributed by atoms with van der Waals surface area (Å²) in [4.78, 5) is 0. The van der Waals surface area contributed by atoms with E-state index in [1.807, 2.05) is 0 Å². The van der Waals surface area contributed by atoms with Gasteiger partial charge in [0, 0.05) is 0 Å². The van der Waals surface area contributed by atoms with E-state index < -0.39 is 0 Å². The number of halogens is 2. The minimum absolute atomic E-state index is 0. The summed E-state index contributed by atoms with van der Waals surface area (Å²) in [6.45, 7) is 13.8. The average Bonchev–Trinajstić information content (AvgIpc) is 2.27. The third-order valence-electron chi connectivity index (χ3n) is 4.01.